The third-order valence-electron chi connectivity index (χ3n) is 5.78. The minimum absolute atomic E-state index is 0.324. The second kappa shape index (κ2) is 20.2. The Morgan fingerprint density at radius 1 is 0.750 bits per heavy atom. The first kappa shape index (κ1) is 32.2. The minimum atomic E-state index is -2.48. The Morgan fingerprint density at radius 2 is 1.28 bits per heavy atom. The molecule has 0 amide bonds. The molecular weight excluding hydrogens is 476 g/mol. The van der Waals surface area contributed by atoms with E-state index in [4.69, 9.17) is 27.5 Å². The zero-order valence-corrected chi connectivity index (χ0v) is 24.1. The van der Waals surface area contributed by atoms with Crippen molar-refractivity contribution in [1.29, 1.82) is 0 Å². The molecule has 0 aliphatic rings. The largest absolute Gasteiger partial charge is 0.500 e. The second-order valence-corrected chi connectivity index (χ2v) is 11.3. The van der Waals surface area contributed by atoms with Crippen LogP contribution in [-0.4, -0.2) is 55.4 Å². The van der Waals surface area contributed by atoms with E-state index < -0.39 is 8.80 Å². The van der Waals surface area contributed by atoms with Crippen LogP contribution in [0.3, 0.4) is 0 Å². The average molecular weight is 525 g/mol. The normalized spacial score (nSPS) is 11.7. The zero-order chi connectivity index (χ0) is 26.5. The summed E-state index contributed by atoms with van der Waals surface area (Å²) in [6, 6.07) is 6.40. The lowest BCUT2D eigenvalue weighted by atomic mass is 10.1. The number of esters is 1. The molecule has 0 bridgehead atoms. The Kier molecular flexibility index (Phi) is 18.1. The lowest BCUT2D eigenvalue weighted by molar-refractivity contribution is -0.137. The van der Waals surface area contributed by atoms with Gasteiger partial charge in [0.25, 0.3) is 0 Å². The first-order chi connectivity index (χ1) is 17.5. The van der Waals surface area contributed by atoms with Crippen molar-refractivity contribution in [2.24, 2.45) is 0 Å². The van der Waals surface area contributed by atoms with Gasteiger partial charge in [-0.1, -0.05) is 51.0 Å². The van der Waals surface area contributed by atoms with Crippen molar-refractivity contribution < 1.29 is 32.3 Å². The molecule has 206 valence electrons. The van der Waals surface area contributed by atoms with Gasteiger partial charge in [0, 0.05) is 31.9 Å². The van der Waals surface area contributed by atoms with Crippen LogP contribution in [0, 0.1) is 0 Å². The number of rotatable bonds is 22. The highest BCUT2D eigenvalue weighted by Crippen LogP contribution is 2.28. The quantitative estimate of drug-likeness (QED) is 0.0713. The Balaban J connectivity index is 2.08. The summed E-state index contributed by atoms with van der Waals surface area (Å²) in [5.74, 6) is 0.957. The molecule has 36 heavy (non-hydrogen) atoms. The van der Waals surface area contributed by atoms with Gasteiger partial charge in [-0.25, -0.2) is 4.79 Å². The van der Waals surface area contributed by atoms with E-state index in [0.717, 1.165) is 30.9 Å². The van der Waals surface area contributed by atoms with Crippen LogP contribution in [0.4, 0.5) is 0 Å². The van der Waals surface area contributed by atoms with Crippen LogP contribution in [0.2, 0.25) is 6.04 Å². The number of unbranched alkanes of at least 4 members (excludes halogenated alkanes) is 8. The van der Waals surface area contributed by atoms with Gasteiger partial charge in [0.05, 0.1) is 20.8 Å². The molecule has 1 aromatic rings. The highest BCUT2D eigenvalue weighted by atomic mass is 28.4. The van der Waals surface area contributed by atoms with Gasteiger partial charge < -0.3 is 27.5 Å². The fraction of sp³-hybridized carbons (Fsp3) is 0.679. The summed E-state index contributed by atoms with van der Waals surface area (Å²) < 4.78 is 33.6. The molecule has 8 heteroatoms. The van der Waals surface area contributed by atoms with Gasteiger partial charge in [-0.3, -0.25) is 0 Å². The monoisotopic (exact) mass is 524 g/mol. The molecule has 0 N–H and O–H groups in total. The van der Waals surface area contributed by atoms with Gasteiger partial charge in [-0.2, -0.15) is 0 Å². The van der Waals surface area contributed by atoms with Gasteiger partial charge in [-0.15, -0.1) is 0 Å². The number of methoxy groups -OCH3 is 2. The van der Waals surface area contributed by atoms with E-state index in [9.17, 15) is 4.79 Å². The van der Waals surface area contributed by atoms with E-state index in [1.807, 2.05) is 39.0 Å². The fourth-order valence-corrected chi connectivity index (χ4v) is 6.71. The molecule has 0 radical (unpaired) electrons. The highest BCUT2D eigenvalue weighted by Gasteiger charge is 2.39. The van der Waals surface area contributed by atoms with Crippen LogP contribution in [-0.2, 0) is 22.8 Å². The summed E-state index contributed by atoms with van der Waals surface area (Å²) in [6.45, 7) is 8.39. The van der Waals surface area contributed by atoms with Crippen LogP contribution in [0.25, 0.3) is 6.08 Å². The van der Waals surface area contributed by atoms with Gasteiger partial charge in [-0.05, 0) is 57.4 Å². The maximum Gasteiger partial charge on any atom is 0.500 e. The Hall–Kier alpha value is -1.87. The Bertz CT molecular complexity index is 722. The smallest absolute Gasteiger partial charge is 0.493 e. The molecule has 0 spiro atoms. The SMILES string of the molecule is CCO[Si](CCCCCCCCCCCOC(=O)/C=C/c1ccc(OC)c(OC)c1)(OCC)OCC. The van der Waals surface area contributed by atoms with Crippen molar-refractivity contribution in [3.8, 4) is 11.5 Å². The molecule has 1 aromatic carbocycles. The minimum Gasteiger partial charge on any atom is -0.493 e. The van der Waals surface area contributed by atoms with E-state index in [2.05, 4.69) is 0 Å². The fourth-order valence-electron chi connectivity index (χ4n) is 4.02. The zero-order valence-electron chi connectivity index (χ0n) is 23.1. The molecule has 0 aliphatic heterocycles. The molecule has 0 saturated heterocycles. The van der Waals surface area contributed by atoms with Crippen molar-refractivity contribution in [3.05, 3.63) is 29.8 Å². The standard InChI is InChI=1S/C28H48O7Si/c1-6-33-36(34-7-2,35-8-3)23-17-15-13-11-9-10-12-14-16-22-32-28(29)21-19-25-18-20-26(30-4)27(24-25)31-5/h18-21,24H,6-17,22-23H2,1-5H3/b21-19+. The predicted molar refractivity (Wildman–Crippen MR) is 147 cm³/mol. The Labute approximate surface area is 219 Å². The summed E-state index contributed by atoms with van der Waals surface area (Å²) >= 11 is 0. The van der Waals surface area contributed by atoms with Crippen molar-refractivity contribution >= 4 is 20.8 Å². The van der Waals surface area contributed by atoms with Crippen LogP contribution in [0.15, 0.2) is 24.3 Å². The molecule has 1 rings (SSSR count). The van der Waals surface area contributed by atoms with Crippen LogP contribution >= 0.6 is 0 Å². The molecular formula is C28H48O7Si. The van der Waals surface area contributed by atoms with Crippen molar-refractivity contribution in [3.63, 3.8) is 0 Å². The Morgan fingerprint density at radius 3 is 1.81 bits per heavy atom. The second-order valence-electron chi connectivity index (χ2n) is 8.53. The van der Waals surface area contributed by atoms with Crippen LogP contribution in [0.1, 0.15) is 84.1 Å². The van der Waals surface area contributed by atoms with E-state index in [1.54, 1.807) is 20.3 Å². The van der Waals surface area contributed by atoms with Crippen LogP contribution < -0.4 is 9.47 Å². The molecule has 0 aliphatic carbocycles. The number of carbonyl (C=O) groups excluding carboxylic acids is 1. The highest BCUT2D eigenvalue weighted by molar-refractivity contribution is 6.60. The first-order valence-corrected chi connectivity index (χ1v) is 15.5. The predicted octanol–water partition coefficient (Wildman–Crippen LogP) is 6.82. The lowest BCUT2D eigenvalue weighted by Gasteiger charge is -2.28. The van der Waals surface area contributed by atoms with E-state index in [-0.39, 0.29) is 5.97 Å². The summed E-state index contributed by atoms with van der Waals surface area (Å²) in [4.78, 5) is 11.9. The maximum atomic E-state index is 11.9. The average Bonchev–Trinajstić information content (AvgIpc) is 2.88. The summed E-state index contributed by atoms with van der Waals surface area (Å²) in [6.07, 6.45) is 13.6. The first-order valence-electron chi connectivity index (χ1n) is 13.5. The van der Waals surface area contributed by atoms with Gasteiger partial charge in [0.2, 0.25) is 0 Å². The molecule has 0 saturated carbocycles. The maximum absolute atomic E-state index is 11.9. The van der Waals surface area contributed by atoms with E-state index in [1.165, 1.54) is 44.6 Å². The summed E-state index contributed by atoms with van der Waals surface area (Å²) in [5.41, 5.74) is 0.851. The van der Waals surface area contributed by atoms with Crippen molar-refractivity contribution in [2.75, 3.05) is 40.6 Å². The summed E-state index contributed by atoms with van der Waals surface area (Å²) in [7, 11) is 0.700. The van der Waals surface area contributed by atoms with Gasteiger partial charge in [0.1, 0.15) is 0 Å². The number of ether oxygens (including phenoxy) is 3. The van der Waals surface area contributed by atoms with Gasteiger partial charge in [0.15, 0.2) is 11.5 Å². The number of benzene rings is 1. The van der Waals surface area contributed by atoms with E-state index in [0.29, 0.717) is 37.9 Å². The molecule has 0 unspecified atom stereocenters. The van der Waals surface area contributed by atoms with Crippen molar-refractivity contribution in [2.45, 2.75) is 84.6 Å². The molecule has 7 nitrogen and oxygen atoms in total. The van der Waals surface area contributed by atoms with Crippen LogP contribution in [0.5, 0.6) is 11.5 Å². The van der Waals surface area contributed by atoms with Crippen molar-refractivity contribution in [1.82, 2.24) is 0 Å². The number of hydrogen-bond donors (Lipinski definition) is 0. The molecule has 0 atom stereocenters. The molecule has 0 aromatic heterocycles. The lowest BCUT2D eigenvalue weighted by Crippen LogP contribution is -2.45. The summed E-state index contributed by atoms with van der Waals surface area (Å²) in [5, 5.41) is 0. The molecule has 0 fully saturated rings. The topological polar surface area (TPSA) is 72.5 Å². The molecule has 0 heterocycles. The van der Waals surface area contributed by atoms with E-state index >= 15 is 0 Å². The van der Waals surface area contributed by atoms with Gasteiger partial charge >= 0.3 is 14.8 Å². The number of hydrogen-bond acceptors (Lipinski definition) is 7. The number of carbonyl (C=O) groups is 1. The third kappa shape index (κ3) is 13.4. The third-order valence-corrected chi connectivity index (χ3v) is 8.94.